The molecule has 230 valence electrons. The SMILES string of the molecule is CC/C=C\C/C=C\C/C=C\C/C=C\C/C=C\CCCC(=O)OC(/C=C\CCC)CCCCCCC(=O)NCC(=O)O. The first kappa shape index (κ1) is 37.9. The molecule has 0 aliphatic heterocycles. The average molecular weight is 570 g/mol. The Kier molecular flexibility index (Phi) is 27.5. The van der Waals surface area contributed by atoms with Gasteiger partial charge in [0.1, 0.15) is 12.6 Å². The molecule has 0 aromatic carbocycles. The van der Waals surface area contributed by atoms with Crippen LogP contribution in [0.3, 0.4) is 0 Å². The van der Waals surface area contributed by atoms with E-state index in [4.69, 9.17) is 9.84 Å². The first-order chi connectivity index (χ1) is 20.0. The summed E-state index contributed by atoms with van der Waals surface area (Å²) < 4.78 is 5.73. The number of carbonyl (C=O) groups excluding carboxylic acids is 2. The molecule has 41 heavy (non-hydrogen) atoms. The molecule has 0 aliphatic carbocycles. The number of carbonyl (C=O) groups is 3. The molecule has 0 aromatic rings. The fourth-order valence-electron chi connectivity index (χ4n) is 3.82. The second-order valence-corrected chi connectivity index (χ2v) is 9.97. The smallest absolute Gasteiger partial charge is 0.322 e. The molecule has 0 bridgehead atoms. The lowest BCUT2D eigenvalue weighted by molar-refractivity contribution is -0.147. The fourth-order valence-corrected chi connectivity index (χ4v) is 3.82. The van der Waals surface area contributed by atoms with Gasteiger partial charge in [-0.05, 0) is 76.7 Å². The van der Waals surface area contributed by atoms with E-state index >= 15 is 0 Å². The van der Waals surface area contributed by atoms with Gasteiger partial charge in [0.05, 0.1) is 0 Å². The Morgan fingerprint density at radius 2 is 1.27 bits per heavy atom. The summed E-state index contributed by atoms with van der Waals surface area (Å²) in [6.07, 6.45) is 39.2. The van der Waals surface area contributed by atoms with E-state index in [0.29, 0.717) is 12.8 Å². The number of esters is 1. The number of carboxylic acid groups (broad SMARTS) is 1. The van der Waals surface area contributed by atoms with Gasteiger partial charge < -0.3 is 15.2 Å². The molecule has 2 N–H and O–H groups in total. The van der Waals surface area contributed by atoms with Crippen molar-refractivity contribution in [2.75, 3.05) is 6.54 Å². The molecule has 1 atom stereocenters. The van der Waals surface area contributed by atoms with E-state index in [2.05, 4.69) is 86.0 Å². The average Bonchev–Trinajstić information content (AvgIpc) is 2.95. The topological polar surface area (TPSA) is 92.7 Å². The Bertz CT molecular complexity index is 851. The molecule has 0 rings (SSSR count). The Morgan fingerprint density at radius 1 is 0.683 bits per heavy atom. The zero-order chi connectivity index (χ0) is 30.2. The minimum absolute atomic E-state index is 0.154. The van der Waals surface area contributed by atoms with Crippen molar-refractivity contribution < 1.29 is 24.2 Å². The molecule has 0 aromatic heterocycles. The van der Waals surface area contributed by atoms with Crippen molar-refractivity contribution in [3.8, 4) is 0 Å². The van der Waals surface area contributed by atoms with Crippen molar-refractivity contribution in [1.29, 1.82) is 0 Å². The van der Waals surface area contributed by atoms with Crippen molar-refractivity contribution in [1.82, 2.24) is 5.32 Å². The first-order valence-electron chi connectivity index (χ1n) is 15.6. The highest BCUT2D eigenvalue weighted by Gasteiger charge is 2.11. The van der Waals surface area contributed by atoms with Crippen LogP contribution in [0.1, 0.15) is 117 Å². The van der Waals surface area contributed by atoms with Crippen LogP contribution in [-0.2, 0) is 19.1 Å². The molecule has 6 nitrogen and oxygen atoms in total. The molecule has 0 saturated carbocycles. The summed E-state index contributed by atoms with van der Waals surface area (Å²) in [5.74, 6) is -1.42. The van der Waals surface area contributed by atoms with Gasteiger partial charge >= 0.3 is 11.9 Å². The highest BCUT2D eigenvalue weighted by Crippen LogP contribution is 2.13. The number of aliphatic carboxylic acids is 1. The molecule has 0 radical (unpaired) electrons. The predicted molar refractivity (Wildman–Crippen MR) is 171 cm³/mol. The van der Waals surface area contributed by atoms with Crippen LogP contribution in [0.15, 0.2) is 72.9 Å². The van der Waals surface area contributed by atoms with Crippen LogP contribution in [-0.4, -0.2) is 35.6 Å². The van der Waals surface area contributed by atoms with Crippen molar-refractivity contribution in [3.63, 3.8) is 0 Å². The van der Waals surface area contributed by atoms with Gasteiger partial charge in [0.25, 0.3) is 0 Å². The van der Waals surface area contributed by atoms with Crippen LogP contribution in [0, 0.1) is 0 Å². The van der Waals surface area contributed by atoms with E-state index in [0.717, 1.165) is 89.9 Å². The standard InChI is InChI=1S/C35H55NO5/c1-3-5-7-8-9-10-11-12-13-14-15-16-17-18-19-20-26-30-35(40)41-32(27-23-6-4-2)28-24-21-22-25-29-33(37)36-31-34(38)39/h5,7,9-10,12-13,15-16,18-19,23,27,32H,3-4,6,8,11,14,17,20-22,24-26,28-31H2,1-2H3,(H,36,37)(H,38,39)/b7-5-,10-9-,13-12-,16-15-,19-18-,27-23-. The van der Waals surface area contributed by atoms with Gasteiger partial charge in [-0.1, -0.05) is 99.9 Å². The molecule has 1 unspecified atom stereocenters. The maximum Gasteiger partial charge on any atom is 0.322 e. The van der Waals surface area contributed by atoms with Crippen LogP contribution in [0.25, 0.3) is 0 Å². The van der Waals surface area contributed by atoms with Crippen molar-refractivity contribution in [2.45, 2.75) is 123 Å². The third kappa shape index (κ3) is 29.7. The van der Waals surface area contributed by atoms with Gasteiger partial charge in [-0.15, -0.1) is 0 Å². The maximum atomic E-state index is 12.4. The minimum atomic E-state index is -1.04. The van der Waals surface area contributed by atoms with Gasteiger partial charge in [-0.3, -0.25) is 14.4 Å². The lowest BCUT2D eigenvalue weighted by Gasteiger charge is -2.14. The third-order valence-electron chi connectivity index (χ3n) is 6.08. The summed E-state index contributed by atoms with van der Waals surface area (Å²) in [4.78, 5) is 34.4. The van der Waals surface area contributed by atoms with Crippen LogP contribution in [0.5, 0.6) is 0 Å². The lowest BCUT2D eigenvalue weighted by Crippen LogP contribution is -2.28. The molecular weight excluding hydrogens is 514 g/mol. The van der Waals surface area contributed by atoms with E-state index in [9.17, 15) is 14.4 Å². The Labute approximate surface area is 249 Å². The number of nitrogens with one attached hydrogen (secondary N) is 1. The van der Waals surface area contributed by atoms with Gasteiger partial charge in [-0.25, -0.2) is 0 Å². The van der Waals surface area contributed by atoms with Gasteiger partial charge in [0.15, 0.2) is 0 Å². The quantitative estimate of drug-likeness (QED) is 0.0617. The number of hydrogen-bond donors (Lipinski definition) is 2. The molecule has 1 amide bonds. The number of ether oxygens (including phenoxy) is 1. The van der Waals surface area contributed by atoms with Gasteiger partial charge in [0.2, 0.25) is 5.91 Å². The minimum Gasteiger partial charge on any atom is -0.480 e. The number of carboxylic acids is 1. The van der Waals surface area contributed by atoms with Crippen molar-refractivity contribution in [2.24, 2.45) is 0 Å². The molecular formula is C35H55NO5. The van der Waals surface area contributed by atoms with Crippen molar-refractivity contribution >= 4 is 17.8 Å². The number of unbranched alkanes of at least 4 members (excludes halogenated alkanes) is 5. The van der Waals surface area contributed by atoms with E-state index in [1.54, 1.807) is 0 Å². The largest absolute Gasteiger partial charge is 0.480 e. The van der Waals surface area contributed by atoms with E-state index in [-0.39, 0.29) is 24.5 Å². The normalized spacial score (nSPS) is 13.0. The second-order valence-electron chi connectivity index (χ2n) is 9.97. The van der Waals surface area contributed by atoms with Crippen LogP contribution >= 0.6 is 0 Å². The first-order valence-corrected chi connectivity index (χ1v) is 15.6. The summed E-state index contributed by atoms with van der Waals surface area (Å²) >= 11 is 0. The van der Waals surface area contributed by atoms with E-state index < -0.39 is 5.97 Å². The number of amides is 1. The highest BCUT2D eigenvalue weighted by molar-refractivity contribution is 5.80. The summed E-state index contributed by atoms with van der Waals surface area (Å²) in [7, 11) is 0. The lowest BCUT2D eigenvalue weighted by atomic mass is 10.1. The molecule has 0 aliphatic rings. The zero-order valence-corrected chi connectivity index (χ0v) is 25.6. The molecule has 0 saturated heterocycles. The monoisotopic (exact) mass is 569 g/mol. The highest BCUT2D eigenvalue weighted by atomic mass is 16.5. The molecule has 6 heteroatoms. The Hall–Kier alpha value is -3.15. The summed E-state index contributed by atoms with van der Waals surface area (Å²) in [6.45, 7) is 3.93. The van der Waals surface area contributed by atoms with Crippen LogP contribution in [0.4, 0.5) is 0 Å². The Morgan fingerprint density at radius 3 is 1.85 bits per heavy atom. The van der Waals surface area contributed by atoms with Crippen LogP contribution in [0.2, 0.25) is 0 Å². The summed E-state index contributed by atoms with van der Waals surface area (Å²) in [6, 6.07) is 0. The second kappa shape index (κ2) is 29.8. The molecule has 0 heterocycles. The maximum absolute atomic E-state index is 12.4. The molecule has 0 spiro atoms. The van der Waals surface area contributed by atoms with Gasteiger partial charge in [-0.2, -0.15) is 0 Å². The zero-order valence-electron chi connectivity index (χ0n) is 25.6. The van der Waals surface area contributed by atoms with Crippen molar-refractivity contribution in [3.05, 3.63) is 72.9 Å². The molecule has 0 fully saturated rings. The van der Waals surface area contributed by atoms with E-state index in [1.165, 1.54) is 0 Å². The number of rotatable bonds is 26. The Balaban J connectivity index is 4.04. The van der Waals surface area contributed by atoms with Gasteiger partial charge in [0, 0.05) is 12.8 Å². The fraction of sp³-hybridized carbons (Fsp3) is 0.571. The number of allylic oxidation sites excluding steroid dienone is 11. The van der Waals surface area contributed by atoms with Crippen LogP contribution < -0.4 is 5.32 Å². The summed E-state index contributed by atoms with van der Waals surface area (Å²) in [5, 5.41) is 11.0. The third-order valence-corrected chi connectivity index (χ3v) is 6.08. The number of hydrogen-bond acceptors (Lipinski definition) is 4. The predicted octanol–water partition coefficient (Wildman–Crippen LogP) is 8.72. The summed E-state index contributed by atoms with van der Waals surface area (Å²) in [5.41, 5.74) is 0. The van der Waals surface area contributed by atoms with E-state index in [1.807, 2.05) is 6.08 Å².